The molecule has 160 valence electrons. The van der Waals surface area contributed by atoms with Gasteiger partial charge in [-0.25, -0.2) is 4.39 Å². The van der Waals surface area contributed by atoms with Crippen LogP contribution in [0.5, 0.6) is 0 Å². The van der Waals surface area contributed by atoms with Gasteiger partial charge in [-0.1, -0.05) is 38.8 Å². The third-order valence-electron chi connectivity index (χ3n) is 6.23. The van der Waals surface area contributed by atoms with Crippen molar-refractivity contribution < 1.29 is 18.7 Å². The normalized spacial score (nSPS) is 21.6. The Hall–Kier alpha value is -1.99. The number of para-hydroxylation sites is 1. The highest BCUT2D eigenvalue weighted by Crippen LogP contribution is 2.27. The van der Waals surface area contributed by atoms with Gasteiger partial charge < -0.3 is 15.0 Å². The fourth-order valence-electron chi connectivity index (χ4n) is 4.47. The number of halogens is 1. The van der Waals surface area contributed by atoms with Gasteiger partial charge >= 0.3 is 0 Å². The molecule has 0 saturated carbocycles. The number of hydrogen-bond acceptors (Lipinski definition) is 4. The maximum atomic E-state index is 14.1. The van der Waals surface area contributed by atoms with E-state index in [1.54, 1.807) is 18.2 Å². The maximum Gasteiger partial charge on any atom is 0.227 e. The lowest BCUT2D eigenvalue weighted by molar-refractivity contribution is -0.126. The number of amides is 2. The second kappa shape index (κ2) is 10.2. The van der Waals surface area contributed by atoms with E-state index >= 15 is 0 Å². The lowest BCUT2D eigenvalue weighted by Crippen LogP contribution is -2.52. The lowest BCUT2D eigenvalue weighted by Gasteiger charge is -2.39. The third-order valence-corrected chi connectivity index (χ3v) is 6.23. The van der Waals surface area contributed by atoms with Gasteiger partial charge in [-0.2, -0.15) is 0 Å². The van der Waals surface area contributed by atoms with Crippen molar-refractivity contribution in [1.29, 1.82) is 0 Å². The van der Waals surface area contributed by atoms with Gasteiger partial charge in [0.15, 0.2) is 0 Å². The Kier molecular flexibility index (Phi) is 7.61. The highest BCUT2D eigenvalue weighted by atomic mass is 19.1. The quantitative estimate of drug-likeness (QED) is 0.722. The molecule has 2 aliphatic rings. The lowest BCUT2D eigenvalue weighted by atomic mass is 9.92. The maximum absolute atomic E-state index is 14.1. The molecule has 2 atom stereocenters. The van der Waals surface area contributed by atoms with Crippen LogP contribution in [0, 0.1) is 17.7 Å². The van der Waals surface area contributed by atoms with Crippen LogP contribution in [0.2, 0.25) is 0 Å². The van der Waals surface area contributed by atoms with E-state index in [0.717, 1.165) is 39.1 Å². The average Bonchev–Trinajstić information content (AvgIpc) is 3.13. The Balaban J connectivity index is 1.61. The first-order valence-corrected chi connectivity index (χ1v) is 10.7. The van der Waals surface area contributed by atoms with Crippen LogP contribution in [0.15, 0.2) is 24.3 Å². The highest BCUT2D eigenvalue weighted by Gasteiger charge is 2.37. The van der Waals surface area contributed by atoms with E-state index in [4.69, 9.17) is 4.74 Å². The topological polar surface area (TPSA) is 61.9 Å². The van der Waals surface area contributed by atoms with Crippen LogP contribution < -0.4 is 10.2 Å². The van der Waals surface area contributed by atoms with Gasteiger partial charge in [0, 0.05) is 38.6 Å². The molecule has 29 heavy (non-hydrogen) atoms. The number of nitrogens with zero attached hydrogens (tertiary/aromatic N) is 2. The minimum absolute atomic E-state index is 0.118. The first kappa shape index (κ1) is 21.7. The summed E-state index contributed by atoms with van der Waals surface area (Å²) in [6.45, 7) is 8.35. The molecule has 6 nitrogen and oxygen atoms in total. The molecule has 1 aromatic rings. The van der Waals surface area contributed by atoms with Gasteiger partial charge in [0.25, 0.3) is 0 Å². The average molecular weight is 406 g/mol. The summed E-state index contributed by atoms with van der Waals surface area (Å²) in [6.07, 6.45) is 2.22. The van der Waals surface area contributed by atoms with Crippen molar-refractivity contribution in [3.63, 3.8) is 0 Å². The molecule has 2 aliphatic heterocycles. The van der Waals surface area contributed by atoms with Crippen LogP contribution in [0.4, 0.5) is 10.1 Å². The number of benzene rings is 1. The first-order chi connectivity index (χ1) is 14.0. The number of morpholine rings is 1. The van der Waals surface area contributed by atoms with Crippen molar-refractivity contribution in [3.05, 3.63) is 30.1 Å². The van der Waals surface area contributed by atoms with Crippen LogP contribution >= 0.6 is 0 Å². The highest BCUT2D eigenvalue weighted by molar-refractivity contribution is 6.00. The summed E-state index contributed by atoms with van der Waals surface area (Å²) < 4.78 is 19.5. The molecule has 0 aromatic heterocycles. The van der Waals surface area contributed by atoms with E-state index in [1.807, 2.05) is 0 Å². The molecule has 2 heterocycles. The largest absolute Gasteiger partial charge is 0.379 e. The molecule has 0 spiro atoms. The smallest absolute Gasteiger partial charge is 0.227 e. The summed E-state index contributed by atoms with van der Waals surface area (Å²) in [5.74, 6) is -0.730. The Labute approximate surface area is 172 Å². The summed E-state index contributed by atoms with van der Waals surface area (Å²) in [5, 5.41) is 3.08. The van der Waals surface area contributed by atoms with E-state index in [-0.39, 0.29) is 36.5 Å². The van der Waals surface area contributed by atoms with Crippen LogP contribution in [0.1, 0.15) is 33.1 Å². The van der Waals surface area contributed by atoms with E-state index in [0.29, 0.717) is 12.5 Å². The van der Waals surface area contributed by atoms with Crippen LogP contribution in [-0.4, -0.2) is 62.1 Å². The predicted molar refractivity (Wildman–Crippen MR) is 110 cm³/mol. The summed E-state index contributed by atoms with van der Waals surface area (Å²) in [5.41, 5.74) is 0.246. The molecule has 0 radical (unpaired) electrons. The first-order valence-electron chi connectivity index (χ1n) is 10.7. The Morgan fingerprint density at radius 3 is 2.59 bits per heavy atom. The second-order valence-electron chi connectivity index (χ2n) is 7.89. The van der Waals surface area contributed by atoms with Gasteiger partial charge in [-0.3, -0.25) is 14.5 Å². The van der Waals surface area contributed by atoms with Gasteiger partial charge in [-0.05, 0) is 18.1 Å². The van der Waals surface area contributed by atoms with Gasteiger partial charge in [0.05, 0.1) is 24.8 Å². The molecule has 3 rings (SSSR count). The molecule has 1 aromatic carbocycles. The Bertz CT molecular complexity index is 704. The van der Waals surface area contributed by atoms with Crippen LogP contribution in [-0.2, 0) is 14.3 Å². The molecule has 2 fully saturated rings. The summed E-state index contributed by atoms with van der Waals surface area (Å²) in [6, 6.07) is 6.46. The van der Waals surface area contributed by atoms with Gasteiger partial charge in [0.1, 0.15) is 5.82 Å². The number of carbonyl (C=O) groups excluding carboxylic acids is 2. The fourth-order valence-corrected chi connectivity index (χ4v) is 4.47. The summed E-state index contributed by atoms with van der Waals surface area (Å²) in [4.78, 5) is 29.0. The monoisotopic (exact) mass is 405 g/mol. The Morgan fingerprint density at radius 1 is 1.24 bits per heavy atom. The van der Waals surface area contributed by atoms with Crippen LogP contribution in [0.3, 0.4) is 0 Å². The molecular formula is C22H32FN3O3. The van der Waals surface area contributed by atoms with Gasteiger partial charge in [-0.15, -0.1) is 0 Å². The molecule has 2 unspecified atom stereocenters. The third kappa shape index (κ3) is 5.14. The van der Waals surface area contributed by atoms with Crippen molar-refractivity contribution in [1.82, 2.24) is 10.2 Å². The molecule has 7 heteroatoms. The molecule has 1 N–H and O–H groups in total. The van der Waals surface area contributed by atoms with Crippen LogP contribution in [0.25, 0.3) is 0 Å². The summed E-state index contributed by atoms with van der Waals surface area (Å²) >= 11 is 0. The van der Waals surface area contributed by atoms with Gasteiger partial charge in [0.2, 0.25) is 11.8 Å². The van der Waals surface area contributed by atoms with Crippen molar-refractivity contribution in [2.45, 2.75) is 39.2 Å². The zero-order valence-electron chi connectivity index (χ0n) is 17.4. The molecule has 2 saturated heterocycles. The number of hydrogen-bond donors (Lipinski definition) is 1. The number of anilines is 1. The zero-order chi connectivity index (χ0) is 20.8. The molecule has 2 amide bonds. The standard InChI is InChI=1S/C22H32FN3O3/c1-3-16(4-2)20(25-9-11-29-12-10-25)14-24-22(28)17-13-21(27)26(15-17)19-8-6-5-7-18(19)23/h5-8,16-17,20H,3-4,9-15H2,1-2H3,(H,24,28). The fraction of sp³-hybridized carbons (Fsp3) is 0.636. The molecule has 0 aliphatic carbocycles. The van der Waals surface area contributed by atoms with Crippen molar-refractivity contribution in [3.8, 4) is 0 Å². The minimum Gasteiger partial charge on any atom is -0.379 e. The number of nitrogens with one attached hydrogen (secondary N) is 1. The number of rotatable bonds is 8. The van der Waals surface area contributed by atoms with Crippen molar-refractivity contribution in [2.75, 3.05) is 44.3 Å². The molecular weight excluding hydrogens is 373 g/mol. The van der Waals surface area contributed by atoms with E-state index in [2.05, 4.69) is 24.1 Å². The van der Waals surface area contributed by atoms with Crippen molar-refractivity contribution >= 4 is 17.5 Å². The molecule has 0 bridgehead atoms. The SMILES string of the molecule is CCC(CC)C(CNC(=O)C1CC(=O)N(c2ccccc2F)C1)N1CCOCC1. The second-order valence-corrected chi connectivity index (χ2v) is 7.89. The number of ether oxygens (including phenoxy) is 1. The minimum atomic E-state index is -0.450. The Morgan fingerprint density at radius 2 is 1.93 bits per heavy atom. The predicted octanol–water partition coefficient (Wildman–Crippen LogP) is 2.43. The van der Waals surface area contributed by atoms with E-state index in [9.17, 15) is 14.0 Å². The van der Waals surface area contributed by atoms with E-state index < -0.39 is 11.7 Å². The van der Waals surface area contributed by atoms with Crippen molar-refractivity contribution in [2.24, 2.45) is 11.8 Å². The number of carbonyl (C=O) groups is 2. The zero-order valence-corrected chi connectivity index (χ0v) is 17.4. The van der Waals surface area contributed by atoms with E-state index in [1.165, 1.54) is 11.0 Å². The summed E-state index contributed by atoms with van der Waals surface area (Å²) in [7, 11) is 0.